The Bertz CT molecular complexity index is 763. The Morgan fingerprint density at radius 2 is 1.75 bits per heavy atom. The number of ether oxygens (including phenoxy) is 2. The predicted molar refractivity (Wildman–Crippen MR) is 82.9 cm³/mol. The summed E-state index contributed by atoms with van der Waals surface area (Å²) in [6.45, 7) is 1.04. The van der Waals surface area contributed by atoms with E-state index in [2.05, 4.69) is 0 Å². The van der Waals surface area contributed by atoms with Gasteiger partial charge >= 0.3 is 5.97 Å². The summed E-state index contributed by atoms with van der Waals surface area (Å²) in [6, 6.07) is 13.2. The lowest BCUT2D eigenvalue weighted by atomic mass is 10.1. The number of hydrogen-bond acceptors (Lipinski definition) is 5. The van der Waals surface area contributed by atoms with Gasteiger partial charge in [-0.1, -0.05) is 0 Å². The molecule has 0 aliphatic carbocycles. The maximum Gasteiger partial charge on any atom is 0.347 e. The minimum atomic E-state index is -0.918. The van der Waals surface area contributed by atoms with E-state index < -0.39 is 30.3 Å². The van der Waals surface area contributed by atoms with Crippen molar-refractivity contribution in [1.82, 2.24) is 0 Å². The van der Waals surface area contributed by atoms with Gasteiger partial charge in [-0.05, 0) is 55.5 Å². The quantitative estimate of drug-likeness (QED) is 0.602. The highest BCUT2D eigenvalue weighted by Crippen LogP contribution is 2.14. The van der Waals surface area contributed by atoms with Crippen molar-refractivity contribution in [2.45, 2.75) is 13.0 Å². The van der Waals surface area contributed by atoms with E-state index in [1.807, 2.05) is 6.07 Å². The van der Waals surface area contributed by atoms with E-state index in [4.69, 9.17) is 14.7 Å². The monoisotopic (exact) mass is 327 g/mol. The molecule has 0 aliphatic heterocycles. The Morgan fingerprint density at radius 3 is 2.33 bits per heavy atom. The van der Waals surface area contributed by atoms with Gasteiger partial charge in [0.05, 0.1) is 11.6 Å². The molecule has 0 saturated carbocycles. The van der Waals surface area contributed by atoms with E-state index in [0.29, 0.717) is 11.3 Å². The molecule has 0 unspecified atom stereocenters. The van der Waals surface area contributed by atoms with Crippen molar-refractivity contribution in [3.05, 3.63) is 65.5 Å². The zero-order chi connectivity index (χ0) is 17.5. The zero-order valence-electron chi connectivity index (χ0n) is 12.9. The van der Waals surface area contributed by atoms with Gasteiger partial charge in [0.1, 0.15) is 11.6 Å². The van der Waals surface area contributed by atoms with Crippen molar-refractivity contribution < 1.29 is 23.5 Å². The number of rotatable bonds is 6. The molecule has 0 N–H and O–H groups in total. The summed E-state index contributed by atoms with van der Waals surface area (Å²) in [5, 5.41) is 8.71. The van der Waals surface area contributed by atoms with Crippen LogP contribution in [-0.2, 0) is 9.53 Å². The molecular formula is C18H14FNO4. The van der Waals surface area contributed by atoms with Crippen LogP contribution >= 0.6 is 0 Å². The van der Waals surface area contributed by atoms with Gasteiger partial charge in [-0.3, -0.25) is 4.79 Å². The number of esters is 1. The van der Waals surface area contributed by atoms with Crippen LogP contribution in [-0.4, -0.2) is 24.5 Å². The fraction of sp³-hybridized carbons (Fsp3) is 0.167. The molecule has 1 atom stereocenters. The van der Waals surface area contributed by atoms with Crippen LogP contribution in [0.1, 0.15) is 22.8 Å². The minimum absolute atomic E-state index is 0.255. The van der Waals surface area contributed by atoms with Crippen molar-refractivity contribution in [3.63, 3.8) is 0 Å². The summed E-state index contributed by atoms with van der Waals surface area (Å²) in [5.41, 5.74) is 0.729. The zero-order valence-corrected chi connectivity index (χ0v) is 12.9. The molecule has 122 valence electrons. The topological polar surface area (TPSA) is 76.4 Å². The Hall–Kier alpha value is -3.20. The second kappa shape index (κ2) is 7.88. The molecule has 2 rings (SSSR count). The van der Waals surface area contributed by atoms with Crippen LogP contribution in [0.3, 0.4) is 0 Å². The van der Waals surface area contributed by atoms with E-state index in [1.165, 1.54) is 19.1 Å². The first kappa shape index (κ1) is 17.2. The molecule has 0 heterocycles. The average molecular weight is 327 g/mol. The van der Waals surface area contributed by atoms with Crippen LogP contribution in [0.15, 0.2) is 48.5 Å². The van der Waals surface area contributed by atoms with Gasteiger partial charge in [-0.25, -0.2) is 9.18 Å². The fourth-order valence-electron chi connectivity index (χ4n) is 1.83. The lowest BCUT2D eigenvalue weighted by Crippen LogP contribution is -2.28. The maximum atomic E-state index is 12.8. The van der Waals surface area contributed by atoms with Crippen LogP contribution in [0, 0.1) is 17.1 Å². The SMILES string of the molecule is C[C@@H](Oc1ccc(C#N)cc1)C(=O)OCC(=O)c1ccc(F)cc1. The Balaban J connectivity index is 1.85. The smallest absolute Gasteiger partial charge is 0.347 e. The number of nitriles is 1. The summed E-state index contributed by atoms with van der Waals surface area (Å²) >= 11 is 0. The summed E-state index contributed by atoms with van der Waals surface area (Å²) in [4.78, 5) is 23.7. The number of carbonyl (C=O) groups is 2. The van der Waals surface area contributed by atoms with Crippen LogP contribution in [0.2, 0.25) is 0 Å². The Morgan fingerprint density at radius 1 is 1.12 bits per heavy atom. The molecule has 6 heteroatoms. The van der Waals surface area contributed by atoms with E-state index >= 15 is 0 Å². The maximum absolute atomic E-state index is 12.8. The summed E-state index contributed by atoms with van der Waals surface area (Å²) in [6.07, 6.45) is -0.918. The van der Waals surface area contributed by atoms with Crippen molar-refractivity contribution in [3.8, 4) is 11.8 Å². The third kappa shape index (κ3) is 4.65. The lowest BCUT2D eigenvalue weighted by Gasteiger charge is -2.13. The molecule has 0 bridgehead atoms. The molecule has 0 radical (unpaired) electrons. The number of hydrogen-bond donors (Lipinski definition) is 0. The van der Waals surface area contributed by atoms with Crippen LogP contribution < -0.4 is 4.74 Å². The number of Topliss-reactive ketones (excluding diaryl/α,β-unsaturated/α-hetero) is 1. The summed E-state index contributed by atoms with van der Waals surface area (Å²) < 4.78 is 23.1. The molecule has 2 aromatic carbocycles. The Kier molecular flexibility index (Phi) is 5.63. The molecule has 24 heavy (non-hydrogen) atoms. The molecular weight excluding hydrogens is 313 g/mol. The fourth-order valence-corrected chi connectivity index (χ4v) is 1.83. The van der Waals surface area contributed by atoms with E-state index in [0.717, 1.165) is 12.1 Å². The largest absolute Gasteiger partial charge is 0.479 e. The highest BCUT2D eigenvalue weighted by atomic mass is 19.1. The molecule has 0 amide bonds. The highest BCUT2D eigenvalue weighted by molar-refractivity contribution is 5.98. The first-order chi connectivity index (χ1) is 11.5. The van der Waals surface area contributed by atoms with Crippen LogP contribution in [0.4, 0.5) is 4.39 Å². The molecule has 0 aliphatic rings. The highest BCUT2D eigenvalue weighted by Gasteiger charge is 2.18. The third-order valence-electron chi connectivity index (χ3n) is 3.14. The summed E-state index contributed by atoms with van der Waals surface area (Å²) in [7, 11) is 0. The number of carbonyl (C=O) groups excluding carboxylic acids is 2. The van der Waals surface area contributed by atoms with Crippen molar-refractivity contribution >= 4 is 11.8 Å². The van der Waals surface area contributed by atoms with Gasteiger partial charge in [-0.2, -0.15) is 5.26 Å². The molecule has 2 aromatic rings. The van der Waals surface area contributed by atoms with E-state index in [1.54, 1.807) is 24.3 Å². The predicted octanol–water partition coefficient (Wildman–Crippen LogP) is 2.89. The second-order valence-electron chi connectivity index (χ2n) is 4.93. The molecule has 0 spiro atoms. The van der Waals surface area contributed by atoms with Gasteiger partial charge in [0.15, 0.2) is 18.5 Å². The van der Waals surface area contributed by atoms with E-state index in [-0.39, 0.29) is 5.56 Å². The molecule has 0 fully saturated rings. The number of ketones is 1. The van der Waals surface area contributed by atoms with Crippen LogP contribution in [0.25, 0.3) is 0 Å². The number of nitrogens with zero attached hydrogens (tertiary/aromatic N) is 1. The third-order valence-corrected chi connectivity index (χ3v) is 3.14. The number of halogens is 1. The van der Waals surface area contributed by atoms with Crippen molar-refractivity contribution in [2.24, 2.45) is 0 Å². The first-order valence-corrected chi connectivity index (χ1v) is 7.12. The minimum Gasteiger partial charge on any atom is -0.479 e. The van der Waals surface area contributed by atoms with Gasteiger partial charge in [0.25, 0.3) is 0 Å². The standard InChI is InChI=1S/C18H14FNO4/c1-12(24-16-8-2-13(10-20)3-9-16)18(22)23-11-17(21)14-4-6-15(19)7-5-14/h2-9,12H,11H2,1H3/t12-/m1/s1. The molecule has 0 saturated heterocycles. The number of benzene rings is 2. The van der Waals surface area contributed by atoms with Crippen molar-refractivity contribution in [1.29, 1.82) is 5.26 Å². The van der Waals surface area contributed by atoms with Gasteiger partial charge in [0.2, 0.25) is 0 Å². The average Bonchev–Trinajstić information content (AvgIpc) is 2.60. The Labute approximate surface area is 138 Å². The van der Waals surface area contributed by atoms with Gasteiger partial charge in [0, 0.05) is 5.56 Å². The molecule has 5 nitrogen and oxygen atoms in total. The lowest BCUT2D eigenvalue weighted by molar-refractivity contribution is -0.149. The van der Waals surface area contributed by atoms with Gasteiger partial charge in [-0.15, -0.1) is 0 Å². The molecule has 0 aromatic heterocycles. The van der Waals surface area contributed by atoms with Gasteiger partial charge < -0.3 is 9.47 Å². The van der Waals surface area contributed by atoms with Crippen LogP contribution in [0.5, 0.6) is 5.75 Å². The van der Waals surface area contributed by atoms with Crippen molar-refractivity contribution in [2.75, 3.05) is 6.61 Å². The normalized spacial score (nSPS) is 11.2. The van der Waals surface area contributed by atoms with E-state index in [9.17, 15) is 14.0 Å². The first-order valence-electron chi connectivity index (χ1n) is 7.12. The second-order valence-corrected chi connectivity index (χ2v) is 4.93. The summed E-state index contributed by atoms with van der Waals surface area (Å²) in [5.74, 6) is -1.18.